The van der Waals surface area contributed by atoms with Crippen LogP contribution in [0.25, 0.3) is 0 Å². The lowest BCUT2D eigenvalue weighted by molar-refractivity contribution is 0.333. The summed E-state index contributed by atoms with van der Waals surface area (Å²) in [5.41, 5.74) is 0.711. The van der Waals surface area contributed by atoms with Crippen LogP contribution in [0.4, 0.5) is 5.82 Å². The Kier molecular flexibility index (Phi) is 4.27. The molecule has 3 rings (SSSR count). The van der Waals surface area contributed by atoms with Crippen LogP contribution in [0.5, 0.6) is 0 Å². The Morgan fingerprint density at radius 3 is 2.43 bits per heavy atom. The third-order valence-corrected chi connectivity index (χ3v) is 4.32. The maximum atomic E-state index is 11.8. The van der Waals surface area contributed by atoms with Crippen LogP contribution in [-0.2, 0) is 13.6 Å². The third-order valence-electron chi connectivity index (χ3n) is 4.32. The van der Waals surface area contributed by atoms with Gasteiger partial charge in [0.2, 0.25) is 0 Å². The summed E-state index contributed by atoms with van der Waals surface area (Å²) in [7, 11) is 1.66. The Morgan fingerprint density at radius 1 is 1.04 bits per heavy atom. The number of piperidine rings is 1. The minimum Gasteiger partial charge on any atom is -0.355 e. The van der Waals surface area contributed by atoms with Crippen molar-refractivity contribution in [3.8, 4) is 0 Å². The Balaban J connectivity index is 1.64. The van der Waals surface area contributed by atoms with E-state index in [-0.39, 0.29) is 11.1 Å². The van der Waals surface area contributed by atoms with Crippen LogP contribution >= 0.6 is 0 Å². The molecule has 3 heterocycles. The fraction of sp³-hybridized carbons (Fsp3) is 0.500. The van der Waals surface area contributed by atoms with Crippen LogP contribution in [-0.4, -0.2) is 32.7 Å². The van der Waals surface area contributed by atoms with Gasteiger partial charge < -0.3 is 4.90 Å². The smallest absolute Gasteiger partial charge is 0.266 e. The zero-order valence-electron chi connectivity index (χ0n) is 13.5. The summed E-state index contributed by atoms with van der Waals surface area (Å²) in [5, 5.41) is 8.60. The topological polar surface area (TPSA) is 73.0 Å². The molecule has 2 aromatic heterocycles. The second-order valence-corrected chi connectivity index (χ2v) is 6.08. The second kappa shape index (κ2) is 6.36. The van der Waals surface area contributed by atoms with Gasteiger partial charge in [0, 0.05) is 38.8 Å². The van der Waals surface area contributed by atoms with Crippen molar-refractivity contribution >= 4 is 5.82 Å². The maximum Gasteiger partial charge on any atom is 0.266 e. The highest BCUT2D eigenvalue weighted by atomic mass is 16.1. The highest BCUT2D eigenvalue weighted by molar-refractivity contribution is 5.36. The molecule has 0 aromatic carbocycles. The molecule has 1 saturated heterocycles. The monoisotopic (exact) mass is 315 g/mol. The van der Waals surface area contributed by atoms with Gasteiger partial charge in [-0.05, 0) is 37.8 Å². The SMILES string of the molecule is Cc1ccc(=O)n(CC2CCN(c3ccc(=O)n(C)n3)CC2)n1. The fourth-order valence-electron chi connectivity index (χ4n) is 2.93. The summed E-state index contributed by atoms with van der Waals surface area (Å²) in [5.74, 6) is 1.27. The summed E-state index contributed by atoms with van der Waals surface area (Å²) in [4.78, 5) is 25.4. The van der Waals surface area contributed by atoms with E-state index in [0.717, 1.165) is 37.4 Å². The summed E-state index contributed by atoms with van der Waals surface area (Å²) in [6.07, 6.45) is 1.96. The lowest BCUT2D eigenvalue weighted by Crippen LogP contribution is -2.38. The van der Waals surface area contributed by atoms with E-state index in [1.807, 2.05) is 6.92 Å². The third kappa shape index (κ3) is 3.49. The van der Waals surface area contributed by atoms with Crippen molar-refractivity contribution in [3.05, 3.63) is 50.7 Å². The average molecular weight is 315 g/mol. The molecule has 7 heteroatoms. The van der Waals surface area contributed by atoms with Crippen molar-refractivity contribution in [2.24, 2.45) is 13.0 Å². The van der Waals surface area contributed by atoms with Crippen LogP contribution in [0, 0.1) is 12.8 Å². The maximum absolute atomic E-state index is 11.8. The van der Waals surface area contributed by atoms with Gasteiger partial charge in [0.05, 0.1) is 5.69 Å². The van der Waals surface area contributed by atoms with Crippen molar-refractivity contribution in [3.63, 3.8) is 0 Å². The van der Waals surface area contributed by atoms with Gasteiger partial charge in [-0.2, -0.15) is 10.2 Å². The van der Waals surface area contributed by atoms with Crippen molar-refractivity contribution < 1.29 is 0 Å². The molecule has 23 heavy (non-hydrogen) atoms. The summed E-state index contributed by atoms with van der Waals surface area (Å²) in [6.45, 7) is 4.30. The summed E-state index contributed by atoms with van der Waals surface area (Å²) in [6, 6.07) is 6.64. The predicted molar refractivity (Wildman–Crippen MR) is 87.6 cm³/mol. The van der Waals surface area contributed by atoms with Gasteiger partial charge in [-0.15, -0.1) is 0 Å². The van der Waals surface area contributed by atoms with E-state index in [1.165, 1.54) is 4.68 Å². The Bertz CT molecular complexity index is 803. The Morgan fingerprint density at radius 2 is 1.74 bits per heavy atom. The van der Waals surface area contributed by atoms with Gasteiger partial charge in [-0.3, -0.25) is 9.59 Å². The molecular weight excluding hydrogens is 294 g/mol. The molecule has 0 saturated carbocycles. The normalized spacial score (nSPS) is 15.8. The molecule has 0 radical (unpaired) electrons. The van der Waals surface area contributed by atoms with Crippen molar-refractivity contribution in [2.75, 3.05) is 18.0 Å². The quantitative estimate of drug-likeness (QED) is 0.827. The molecule has 0 bridgehead atoms. The fourth-order valence-corrected chi connectivity index (χ4v) is 2.93. The van der Waals surface area contributed by atoms with Crippen LogP contribution in [0.3, 0.4) is 0 Å². The van der Waals surface area contributed by atoms with Gasteiger partial charge in [0.15, 0.2) is 0 Å². The zero-order chi connectivity index (χ0) is 16.4. The van der Waals surface area contributed by atoms with Gasteiger partial charge in [0.1, 0.15) is 5.82 Å². The largest absolute Gasteiger partial charge is 0.355 e. The van der Waals surface area contributed by atoms with Crippen LogP contribution < -0.4 is 16.0 Å². The molecule has 0 aliphatic carbocycles. The lowest BCUT2D eigenvalue weighted by atomic mass is 9.97. The van der Waals surface area contributed by atoms with E-state index in [4.69, 9.17) is 0 Å². The van der Waals surface area contributed by atoms with Crippen LogP contribution in [0.2, 0.25) is 0 Å². The molecule has 2 aromatic rings. The summed E-state index contributed by atoms with van der Waals surface area (Å²) >= 11 is 0. The Labute approximate surface area is 134 Å². The first kappa shape index (κ1) is 15.5. The molecule has 0 N–H and O–H groups in total. The number of nitrogens with zero attached hydrogens (tertiary/aromatic N) is 5. The zero-order valence-corrected chi connectivity index (χ0v) is 13.5. The van der Waals surface area contributed by atoms with E-state index in [1.54, 1.807) is 36.0 Å². The molecule has 0 amide bonds. The van der Waals surface area contributed by atoms with Gasteiger partial charge >= 0.3 is 0 Å². The van der Waals surface area contributed by atoms with Crippen molar-refractivity contribution in [1.82, 2.24) is 19.6 Å². The van der Waals surface area contributed by atoms with E-state index < -0.39 is 0 Å². The van der Waals surface area contributed by atoms with E-state index in [0.29, 0.717) is 12.5 Å². The highest BCUT2D eigenvalue weighted by Gasteiger charge is 2.21. The van der Waals surface area contributed by atoms with Crippen LogP contribution in [0.1, 0.15) is 18.5 Å². The number of hydrogen-bond acceptors (Lipinski definition) is 5. The minimum absolute atomic E-state index is 0.0437. The molecule has 1 aliphatic rings. The number of aryl methyl sites for hydroxylation is 2. The first-order valence-electron chi connectivity index (χ1n) is 7.87. The van der Waals surface area contributed by atoms with Crippen molar-refractivity contribution in [1.29, 1.82) is 0 Å². The average Bonchev–Trinajstić information content (AvgIpc) is 2.54. The standard InChI is InChI=1S/C16H21N5O2/c1-12-3-5-16(23)21(17-12)11-13-7-9-20(10-8-13)14-4-6-15(22)19(2)18-14/h3-6,13H,7-11H2,1-2H3. The summed E-state index contributed by atoms with van der Waals surface area (Å²) < 4.78 is 2.93. The van der Waals surface area contributed by atoms with E-state index in [9.17, 15) is 9.59 Å². The molecule has 122 valence electrons. The molecule has 7 nitrogen and oxygen atoms in total. The van der Waals surface area contributed by atoms with Gasteiger partial charge in [-0.25, -0.2) is 9.36 Å². The van der Waals surface area contributed by atoms with E-state index in [2.05, 4.69) is 15.1 Å². The molecule has 1 fully saturated rings. The molecule has 0 spiro atoms. The van der Waals surface area contributed by atoms with Crippen LogP contribution in [0.15, 0.2) is 33.9 Å². The lowest BCUT2D eigenvalue weighted by Gasteiger charge is -2.32. The molecule has 0 unspecified atom stereocenters. The number of anilines is 1. The molecule has 1 aliphatic heterocycles. The number of hydrogen-bond donors (Lipinski definition) is 0. The predicted octanol–water partition coefficient (Wildman–Crippen LogP) is 0.562. The Hall–Kier alpha value is -2.44. The second-order valence-electron chi connectivity index (χ2n) is 6.08. The van der Waals surface area contributed by atoms with Gasteiger partial charge in [0.25, 0.3) is 11.1 Å². The number of rotatable bonds is 3. The number of aromatic nitrogens is 4. The van der Waals surface area contributed by atoms with Crippen molar-refractivity contribution in [2.45, 2.75) is 26.3 Å². The first-order valence-corrected chi connectivity index (χ1v) is 7.87. The molecular formula is C16H21N5O2. The molecule has 0 atom stereocenters. The van der Waals surface area contributed by atoms with Gasteiger partial charge in [-0.1, -0.05) is 0 Å². The van der Waals surface area contributed by atoms with E-state index >= 15 is 0 Å². The highest BCUT2D eigenvalue weighted by Crippen LogP contribution is 2.21. The first-order chi connectivity index (χ1) is 11.0. The minimum atomic E-state index is -0.103.